The number of benzene rings is 1. The average molecular weight is 310 g/mol. The lowest BCUT2D eigenvalue weighted by Crippen LogP contribution is -2.27. The van der Waals surface area contributed by atoms with Crippen molar-refractivity contribution in [2.75, 3.05) is 0 Å². The monoisotopic (exact) mass is 309 g/mol. The Hall–Kier alpha value is -1.93. The molecule has 0 unspecified atom stereocenters. The van der Waals surface area contributed by atoms with Gasteiger partial charge in [-0.1, -0.05) is 42.0 Å². The average Bonchev–Trinajstić information content (AvgIpc) is 3.16. The van der Waals surface area contributed by atoms with Gasteiger partial charge in [0.2, 0.25) is 0 Å². The molecule has 1 fully saturated rings. The quantitative estimate of drug-likeness (QED) is 0.616. The molecule has 1 aromatic heterocycles. The molecule has 4 rings (SSSR count). The first-order valence-corrected chi connectivity index (χ1v) is 8.01. The van der Waals surface area contributed by atoms with Crippen molar-refractivity contribution < 1.29 is 4.79 Å². The largest absolute Gasteiger partial charge is 0.292 e. The van der Waals surface area contributed by atoms with Gasteiger partial charge in [-0.25, -0.2) is 0 Å². The Morgan fingerprint density at radius 3 is 2.73 bits per heavy atom. The van der Waals surface area contributed by atoms with Crippen LogP contribution in [0.1, 0.15) is 28.4 Å². The van der Waals surface area contributed by atoms with Gasteiger partial charge in [0, 0.05) is 23.1 Å². The van der Waals surface area contributed by atoms with E-state index in [1.807, 2.05) is 36.4 Å². The van der Waals surface area contributed by atoms with Crippen LogP contribution in [0.4, 0.5) is 0 Å². The first-order valence-electron chi connectivity index (χ1n) is 7.63. The van der Waals surface area contributed by atoms with Crippen molar-refractivity contribution in [3.05, 3.63) is 77.1 Å². The molecule has 3 heteroatoms. The Morgan fingerprint density at radius 2 is 1.95 bits per heavy atom. The van der Waals surface area contributed by atoms with E-state index in [1.54, 1.807) is 6.20 Å². The van der Waals surface area contributed by atoms with Crippen LogP contribution < -0.4 is 0 Å². The third-order valence-corrected chi connectivity index (χ3v) is 5.15. The van der Waals surface area contributed by atoms with Crippen LogP contribution >= 0.6 is 11.6 Å². The molecule has 4 atom stereocenters. The molecule has 2 bridgehead atoms. The third kappa shape index (κ3) is 2.19. The molecule has 0 saturated heterocycles. The van der Waals surface area contributed by atoms with Crippen LogP contribution in [0.25, 0.3) is 0 Å². The summed E-state index contributed by atoms with van der Waals surface area (Å²) in [6.07, 6.45) is 7.21. The Bertz CT molecular complexity index is 740. The molecule has 1 aromatic carbocycles. The molecular weight excluding hydrogens is 294 g/mol. The number of halogens is 1. The van der Waals surface area contributed by atoms with E-state index in [-0.39, 0.29) is 17.6 Å². The van der Waals surface area contributed by atoms with Gasteiger partial charge in [0.15, 0.2) is 5.78 Å². The fourth-order valence-electron chi connectivity index (χ4n) is 4.03. The number of hydrogen-bond acceptors (Lipinski definition) is 2. The number of carbonyl (C=O) groups excluding carboxylic acids is 1. The third-order valence-electron chi connectivity index (χ3n) is 4.91. The van der Waals surface area contributed by atoms with Crippen LogP contribution in [-0.2, 0) is 0 Å². The highest BCUT2D eigenvalue weighted by Crippen LogP contribution is 2.54. The number of aromatic nitrogens is 1. The van der Waals surface area contributed by atoms with Crippen molar-refractivity contribution in [1.29, 1.82) is 0 Å². The number of allylic oxidation sites excluding steroid dienone is 2. The first-order chi connectivity index (χ1) is 10.7. The predicted octanol–water partition coefficient (Wildman–Crippen LogP) is 4.52. The van der Waals surface area contributed by atoms with Gasteiger partial charge >= 0.3 is 0 Å². The summed E-state index contributed by atoms with van der Waals surface area (Å²) in [7, 11) is 0. The SMILES string of the molecule is O=C(c1ccccn1)[C@@H]1[C@@H](c2cccc(Cl)c2)[C@@H]2C=C[C@H]1C2. The number of ketones is 1. The van der Waals surface area contributed by atoms with E-state index < -0.39 is 0 Å². The first kappa shape index (κ1) is 13.7. The van der Waals surface area contributed by atoms with Crippen LogP contribution in [0.5, 0.6) is 0 Å². The number of fused-ring (bicyclic) bond motifs is 2. The van der Waals surface area contributed by atoms with Crippen molar-refractivity contribution in [1.82, 2.24) is 4.98 Å². The van der Waals surface area contributed by atoms with Crippen molar-refractivity contribution in [2.45, 2.75) is 12.3 Å². The molecule has 2 aromatic rings. The summed E-state index contributed by atoms with van der Waals surface area (Å²) in [4.78, 5) is 17.2. The molecule has 0 aliphatic heterocycles. The van der Waals surface area contributed by atoms with E-state index in [0.717, 1.165) is 11.4 Å². The summed E-state index contributed by atoms with van der Waals surface area (Å²) in [5.74, 6) is 1.10. The fraction of sp³-hybridized carbons (Fsp3) is 0.263. The van der Waals surface area contributed by atoms with Gasteiger partial charge in [-0.2, -0.15) is 0 Å². The van der Waals surface area contributed by atoms with Gasteiger partial charge in [-0.05, 0) is 48.1 Å². The Kier molecular flexibility index (Phi) is 3.34. The summed E-state index contributed by atoms with van der Waals surface area (Å²) < 4.78 is 0. The molecule has 1 saturated carbocycles. The highest BCUT2D eigenvalue weighted by molar-refractivity contribution is 6.30. The lowest BCUT2D eigenvalue weighted by molar-refractivity contribution is 0.0881. The van der Waals surface area contributed by atoms with Crippen LogP contribution in [0, 0.1) is 17.8 Å². The number of rotatable bonds is 3. The Morgan fingerprint density at radius 1 is 1.09 bits per heavy atom. The van der Waals surface area contributed by atoms with Gasteiger partial charge in [0.1, 0.15) is 5.69 Å². The number of Topliss-reactive ketones (excluding diaryl/α,β-unsaturated/α-hetero) is 1. The van der Waals surface area contributed by atoms with Gasteiger partial charge in [-0.15, -0.1) is 0 Å². The van der Waals surface area contributed by atoms with Crippen molar-refractivity contribution in [3.8, 4) is 0 Å². The summed E-state index contributed by atoms with van der Waals surface area (Å²) in [6.45, 7) is 0. The van der Waals surface area contributed by atoms with Crippen LogP contribution in [-0.4, -0.2) is 10.8 Å². The summed E-state index contributed by atoms with van der Waals surface area (Å²) in [5.41, 5.74) is 1.74. The lowest BCUT2D eigenvalue weighted by atomic mass is 9.75. The van der Waals surface area contributed by atoms with Crippen LogP contribution in [0.2, 0.25) is 5.02 Å². The minimum atomic E-state index is -0.0247. The number of nitrogens with zero attached hydrogens (tertiary/aromatic N) is 1. The van der Waals surface area contributed by atoms with E-state index in [4.69, 9.17) is 11.6 Å². The van der Waals surface area contributed by atoms with Gasteiger partial charge in [0.05, 0.1) is 0 Å². The molecule has 0 radical (unpaired) electrons. The van der Waals surface area contributed by atoms with Gasteiger partial charge < -0.3 is 0 Å². The zero-order valence-electron chi connectivity index (χ0n) is 12.0. The maximum atomic E-state index is 13.0. The number of hydrogen-bond donors (Lipinski definition) is 0. The Balaban J connectivity index is 1.74. The normalized spacial score (nSPS) is 29.0. The predicted molar refractivity (Wildman–Crippen MR) is 87.0 cm³/mol. The second kappa shape index (κ2) is 5.36. The molecule has 0 spiro atoms. The fourth-order valence-corrected chi connectivity index (χ4v) is 4.23. The zero-order valence-corrected chi connectivity index (χ0v) is 12.8. The van der Waals surface area contributed by atoms with Crippen molar-refractivity contribution in [3.63, 3.8) is 0 Å². The Labute approximate surface area is 134 Å². The molecule has 1 heterocycles. The van der Waals surface area contributed by atoms with E-state index >= 15 is 0 Å². The molecule has 0 amide bonds. The molecule has 2 aliphatic rings. The molecule has 22 heavy (non-hydrogen) atoms. The van der Waals surface area contributed by atoms with Crippen molar-refractivity contribution in [2.24, 2.45) is 17.8 Å². The van der Waals surface area contributed by atoms with E-state index in [1.165, 1.54) is 5.56 Å². The van der Waals surface area contributed by atoms with E-state index in [2.05, 4.69) is 23.2 Å². The minimum absolute atomic E-state index is 0.0247. The topological polar surface area (TPSA) is 30.0 Å². The number of pyridine rings is 1. The molecular formula is C19H16ClNO. The van der Waals surface area contributed by atoms with Gasteiger partial charge in [0.25, 0.3) is 0 Å². The summed E-state index contributed by atoms with van der Waals surface area (Å²) in [5, 5.41) is 0.730. The minimum Gasteiger partial charge on any atom is -0.292 e. The van der Waals surface area contributed by atoms with E-state index in [9.17, 15) is 4.79 Å². The zero-order chi connectivity index (χ0) is 15.1. The maximum absolute atomic E-state index is 13.0. The lowest BCUT2D eigenvalue weighted by Gasteiger charge is -2.27. The van der Waals surface area contributed by atoms with Crippen LogP contribution in [0.15, 0.2) is 60.8 Å². The molecule has 0 N–H and O–H groups in total. The molecule has 110 valence electrons. The highest BCUT2D eigenvalue weighted by atomic mass is 35.5. The smallest absolute Gasteiger partial charge is 0.185 e. The van der Waals surface area contributed by atoms with Crippen LogP contribution in [0.3, 0.4) is 0 Å². The molecule has 2 aliphatic carbocycles. The highest BCUT2D eigenvalue weighted by Gasteiger charge is 2.48. The summed E-state index contributed by atoms with van der Waals surface area (Å²) in [6, 6.07) is 13.5. The maximum Gasteiger partial charge on any atom is 0.185 e. The summed E-state index contributed by atoms with van der Waals surface area (Å²) >= 11 is 6.15. The number of carbonyl (C=O) groups is 1. The second-order valence-corrected chi connectivity index (χ2v) is 6.57. The van der Waals surface area contributed by atoms with E-state index in [0.29, 0.717) is 17.5 Å². The standard InChI is InChI=1S/C19H16ClNO/c20-15-5-3-4-12(11-15)17-13-7-8-14(10-13)18(17)19(22)16-6-1-2-9-21-16/h1-9,11,13-14,17-18H,10H2/t13-,14+,17+,18+/m1/s1. The van der Waals surface area contributed by atoms with Gasteiger partial charge in [-0.3, -0.25) is 9.78 Å². The van der Waals surface area contributed by atoms with Crippen molar-refractivity contribution >= 4 is 17.4 Å². The second-order valence-electron chi connectivity index (χ2n) is 6.13. The molecule has 2 nitrogen and oxygen atoms in total.